The van der Waals surface area contributed by atoms with Gasteiger partial charge in [0.25, 0.3) is 11.8 Å². The second-order valence-corrected chi connectivity index (χ2v) is 3.96. The van der Waals surface area contributed by atoms with Gasteiger partial charge in [0.05, 0.1) is 0 Å². The van der Waals surface area contributed by atoms with Gasteiger partial charge in [0.15, 0.2) is 0 Å². The van der Waals surface area contributed by atoms with Crippen LogP contribution in [0.5, 0.6) is 0 Å². The van der Waals surface area contributed by atoms with Crippen LogP contribution in [0.2, 0.25) is 0 Å². The molecule has 1 heterocycles. The molecule has 3 N–H and O–H groups in total. The third kappa shape index (κ3) is 2.43. The van der Waals surface area contributed by atoms with Gasteiger partial charge in [0.2, 0.25) is 0 Å². The molecule has 0 aromatic heterocycles. The fourth-order valence-electron chi connectivity index (χ4n) is 1.54. The van der Waals surface area contributed by atoms with Crippen LogP contribution in [0, 0.1) is 0 Å². The Bertz CT molecular complexity index is 310. The average Bonchev–Trinajstić information content (AvgIpc) is 2.41. The highest BCUT2D eigenvalue weighted by Gasteiger charge is 2.33. The molecule has 0 fully saturated rings. The van der Waals surface area contributed by atoms with E-state index in [9.17, 15) is 9.59 Å². The first kappa shape index (κ1) is 11.9. The van der Waals surface area contributed by atoms with Gasteiger partial charge < -0.3 is 0 Å². The van der Waals surface area contributed by atoms with E-state index in [1.807, 2.05) is 20.8 Å². The Morgan fingerprint density at radius 3 is 2.40 bits per heavy atom. The lowest BCUT2D eigenvalue weighted by molar-refractivity contribution is -0.701. The van der Waals surface area contributed by atoms with Crippen molar-refractivity contribution in [1.29, 1.82) is 0 Å². The highest BCUT2D eigenvalue weighted by atomic mass is 16.6. The van der Waals surface area contributed by atoms with Crippen LogP contribution in [0.25, 0.3) is 0 Å². The van der Waals surface area contributed by atoms with E-state index in [4.69, 9.17) is 4.84 Å². The Kier molecular flexibility index (Phi) is 3.60. The Morgan fingerprint density at radius 1 is 1.40 bits per heavy atom. The molecule has 15 heavy (non-hydrogen) atoms. The second kappa shape index (κ2) is 4.55. The molecule has 84 valence electrons. The van der Waals surface area contributed by atoms with Gasteiger partial charge in [-0.2, -0.15) is 0 Å². The van der Waals surface area contributed by atoms with Gasteiger partial charge in [-0.1, -0.05) is 0 Å². The predicted octanol–water partition coefficient (Wildman–Crippen LogP) is -0.358. The second-order valence-electron chi connectivity index (χ2n) is 3.96. The number of hydrogen-bond donors (Lipinski definition) is 1. The van der Waals surface area contributed by atoms with Crippen LogP contribution in [0.1, 0.15) is 27.2 Å². The minimum absolute atomic E-state index is 0.102. The molecule has 2 amide bonds. The largest absolute Gasteiger partial charge is 0.273 e. The van der Waals surface area contributed by atoms with Crippen molar-refractivity contribution in [3.63, 3.8) is 0 Å². The van der Waals surface area contributed by atoms with Crippen LogP contribution in [-0.4, -0.2) is 28.9 Å². The number of hydrogen-bond acceptors (Lipinski definition) is 3. The van der Waals surface area contributed by atoms with Crippen molar-refractivity contribution >= 4 is 11.8 Å². The quantitative estimate of drug-likeness (QED) is 0.512. The van der Waals surface area contributed by atoms with Gasteiger partial charge >= 0.3 is 0 Å². The minimum Gasteiger partial charge on any atom is -0.273 e. The summed E-state index contributed by atoms with van der Waals surface area (Å²) in [6.07, 6.45) is 1.66. The zero-order chi connectivity index (χ0) is 11.6. The molecule has 1 atom stereocenters. The fourth-order valence-corrected chi connectivity index (χ4v) is 1.54. The maximum absolute atomic E-state index is 11.8. The van der Waals surface area contributed by atoms with E-state index in [2.05, 4.69) is 5.90 Å². The van der Waals surface area contributed by atoms with Gasteiger partial charge in [0.1, 0.15) is 6.10 Å². The zero-order valence-electron chi connectivity index (χ0n) is 9.32. The van der Waals surface area contributed by atoms with Gasteiger partial charge in [-0.25, -0.2) is 10.7 Å². The van der Waals surface area contributed by atoms with E-state index in [0.717, 1.165) is 0 Å². The molecule has 0 bridgehead atoms. The topological polar surface area (TPSA) is 74.2 Å². The molecule has 0 saturated heterocycles. The van der Waals surface area contributed by atoms with Crippen molar-refractivity contribution < 1.29 is 20.3 Å². The van der Waals surface area contributed by atoms with Gasteiger partial charge in [-0.15, -0.1) is 0 Å². The molecule has 1 rings (SSSR count). The first-order valence-electron chi connectivity index (χ1n) is 4.96. The number of imide groups is 1. The standard InChI is InChI=1S/C10H17N2O3/c1-6(2)12-9(13)5-8(10(12)14)4-7(3)15-11/h5-7H,4H2,1-3,11H3/q+1. The summed E-state index contributed by atoms with van der Waals surface area (Å²) >= 11 is 0. The smallest absolute Gasteiger partial charge is 0.257 e. The molecule has 0 radical (unpaired) electrons. The number of amides is 2. The van der Waals surface area contributed by atoms with E-state index in [1.165, 1.54) is 11.0 Å². The predicted molar refractivity (Wildman–Crippen MR) is 53.1 cm³/mol. The van der Waals surface area contributed by atoms with Crippen molar-refractivity contribution in [2.75, 3.05) is 0 Å². The number of quaternary nitrogens is 1. The van der Waals surface area contributed by atoms with Crippen LogP contribution in [0.3, 0.4) is 0 Å². The molecule has 1 aliphatic heterocycles. The number of carbonyl (C=O) groups excluding carboxylic acids is 2. The molecule has 5 heteroatoms. The normalized spacial score (nSPS) is 18.7. The van der Waals surface area contributed by atoms with Gasteiger partial charge in [-0.3, -0.25) is 14.5 Å². The van der Waals surface area contributed by atoms with Crippen molar-refractivity contribution in [2.24, 2.45) is 0 Å². The molecule has 0 aromatic rings. The molecular formula is C10H17N2O3+. The number of rotatable bonds is 4. The third-order valence-corrected chi connectivity index (χ3v) is 2.34. The van der Waals surface area contributed by atoms with Crippen LogP contribution < -0.4 is 5.90 Å². The Balaban J connectivity index is 2.74. The summed E-state index contributed by atoms with van der Waals surface area (Å²) in [5.41, 5.74) is 0.504. The lowest BCUT2D eigenvalue weighted by atomic mass is 10.1. The fraction of sp³-hybridized carbons (Fsp3) is 0.600. The van der Waals surface area contributed by atoms with Crippen LogP contribution >= 0.6 is 0 Å². The summed E-state index contributed by atoms with van der Waals surface area (Å²) in [5.74, 6) is 2.84. The van der Waals surface area contributed by atoms with Crippen molar-refractivity contribution in [3.8, 4) is 0 Å². The Labute approximate surface area is 88.8 Å². The first-order valence-corrected chi connectivity index (χ1v) is 4.96. The first-order chi connectivity index (χ1) is 6.97. The van der Waals surface area contributed by atoms with Crippen LogP contribution in [0.15, 0.2) is 11.6 Å². The van der Waals surface area contributed by atoms with Gasteiger partial charge in [0, 0.05) is 24.1 Å². The van der Waals surface area contributed by atoms with E-state index in [0.29, 0.717) is 12.0 Å². The molecule has 0 aromatic carbocycles. The number of carbonyl (C=O) groups is 2. The summed E-state index contributed by atoms with van der Waals surface area (Å²) < 4.78 is 0. The summed E-state index contributed by atoms with van der Waals surface area (Å²) in [7, 11) is 0. The van der Waals surface area contributed by atoms with E-state index in [-0.39, 0.29) is 24.0 Å². The maximum Gasteiger partial charge on any atom is 0.257 e. The van der Waals surface area contributed by atoms with Crippen molar-refractivity contribution in [3.05, 3.63) is 11.6 Å². The summed E-state index contributed by atoms with van der Waals surface area (Å²) in [4.78, 5) is 29.3. The van der Waals surface area contributed by atoms with E-state index >= 15 is 0 Å². The minimum atomic E-state index is -0.235. The zero-order valence-corrected chi connectivity index (χ0v) is 9.32. The Morgan fingerprint density at radius 2 is 2.00 bits per heavy atom. The van der Waals surface area contributed by atoms with Crippen LogP contribution in [0.4, 0.5) is 0 Å². The molecule has 0 saturated carbocycles. The molecule has 0 spiro atoms. The lowest BCUT2D eigenvalue weighted by Gasteiger charge is -2.19. The third-order valence-electron chi connectivity index (χ3n) is 2.34. The molecule has 5 nitrogen and oxygen atoms in total. The van der Waals surface area contributed by atoms with Crippen molar-refractivity contribution in [1.82, 2.24) is 4.90 Å². The SMILES string of the molecule is CC(CC1=CC(=O)N(C(C)C)C1=O)O[NH3+]. The average molecular weight is 213 g/mol. The monoisotopic (exact) mass is 213 g/mol. The van der Waals surface area contributed by atoms with E-state index in [1.54, 1.807) is 0 Å². The highest BCUT2D eigenvalue weighted by molar-refractivity contribution is 6.16. The number of nitrogens with zero attached hydrogens (tertiary/aromatic N) is 1. The van der Waals surface area contributed by atoms with Crippen molar-refractivity contribution in [2.45, 2.75) is 39.3 Å². The molecule has 1 unspecified atom stereocenters. The Hall–Kier alpha value is -1.20. The summed E-state index contributed by atoms with van der Waals surface area (Å²) in [6, 6.07) is -0.102. The molecular weight excluding hydrogens is 196 g/mol. The van der Waals surface area contributed by atoms with Crippen LogP contribution in [-0.2, 0) is 14.4 Å². The maximum atomic E-state index is 11.8. The molecule has 1 aliphatic rings. The van der Waals surface area contributed by atoms with E-state index < -0.39 is 0 Å². The molecule has 0 aliphatic carbocycles. The van der Waals surface area contributed by atoms with Gasteiger partial charge in [-0.05, 0) is 20.8 Å². The lowest BCUT2D eigenvalue weighted by Crippen LogP contribution is -2.52. The summed E-state index contributed by atoms with van der Waals surface area (Å²) in [6.45, 7) is 5.44. The summed E-state index contributed by atoms with van der Waals surface area (Å²) in [5, 5.41) is 0. The highest BCUT2D eigenvalue weighted by Crippen LogP contribution is 2.20.